The Hall–Kier alpha value is -0.810. The second kappa shape index (κ2) is 6.81. The van der Waals surface area contributed by atoms with Gasteiger partial charge in [0.25, 0.3) is 0 Å². The first-order chi connectivity index (χ1) is 7.99. The molecule has 17 heavy (non-hydrogen) atoms. The molecule has 0 aliphatic carbocycles. The molecule has 0 aromatic heterocycles. The molecule has 1 aromatic rings. The van der Waals surface area contributed by atoms with Crippen LogP contribution in [-0.2, 0) is 9.84 Å². The van der Waals surface area contributed by atoms with Crippen LogP contribution in [0.4, 0.5) is 0 Å². The van der Waals surface area contributed by atoms with Crippen molar-refractivity contribution in [1.82, 2.24) is 0 Å². The number of ketones is 1. The van der Waals surface area contributed by atoms with Crippen LogP contribution in [0.15, 0.2) is 30.3 Å². The summed E-state index contributed by atoms with van der Waals surface area (Å²) in [5.74, 6) is 1.51. The van der Waals surface area contributed by atoms with Crippen molar-refractivity contribution >= 4 is 27.4 Å². The number of rotatable bonds is 7. The number of hydrogen-bond acceptors (Lipinski definition) is 4. The number of carbonyl (C=O) groups is 1. The SMILES string of the molecule is CS(=O)(=O)CCSCCC(=O)c1ccccc1. The van der Waals surface area contributed by atoms with E-state index < -0.39 is 9.84 Å². The first-order valence-electron chi connectivity index (χ1n) is 5.33. The molecule has 3 nitrogen and oxygen atoms in total. The summed E-state index contributed by atoms with van der Waals surface area (Å²) in [4.78, 5) is 11.7. The largest absolute Gasteiger partial charge is 0.294 e. The summed E-state index contributed by atoms with van der Waals surface area (Å²) in [6.07, 6.45) is 1.68. The monoisotopic (exact) mass is 272 g/mol. The molecule has 1 aromatic carbocycles. The van der Waals surface area contributed by atoms with Gasteiger partial charge in [0.15, 0.2) is 5.78 Å². The van der Waals surface area contributed by atoms with Gasteiger partial charge in [0.05, 0.1) is 5.75 Å². The van der Waals surface area contributed by atoms with Crippen LogP contribution in [-0.4, -0.2) is 37.7 Å². The molecule has 0 fully saturated rings. The fourth-order valence-corrected chi connectivity index (χ4v) is 3.46. The van der Waals surface area contributed by atoms with Crippen molar-refractivity contribution in [1.29, 1.82) is 0 Å². The Bertz CT molecular complexity index is 452. The highest BCUT2D eigenvalue weighted by molar-refractivity contribution is 8.00. The Morgan fingerprint density at radius 1 is 1.18 bits per heavy atom. The van der Waals surface area contributed by atoms with E-state index in [1.54, 1.807) is 12.1 Å². The molecule has 0 heterocycles. The van der Waals surface area contributed by atoms with Crippen molar-refractivity contribution in [3.8, 4) is 0 Å². The summed E-state index contributed by atoms with van der Waals surface area (Å²) >= 11 is 1.50. The van der Waals surface area contributed by atoms with E-state index in [2.05, 4.69) is 0 Å². The maximum absolute atomic E-state index is 11.7. The molecular weight excluding hydrogens is 256 g/mol. The van der Waals surface area contributed by atoms with Crippen LogP contribution in [0.3, 0.4) is 0 Å². The summed E-state index contributed by atoms with van der Waals surface area (Å²) in [6, 6.07) is 9.14. The standard InChI is InChI=1S/C12H16O3S2/c1-17(14,15)10-9-16-8-7-12(13)11-5-3-2-4-6-11/h2-6H,7-10H2,1H3. The van der Waals surface area contributed by atoms with E-state index >= 15 is 0 Å². The topological polar surface area (TPSA) is 51.2 Å². The van der Waals surface area contributed by atoms with Gasteiger partial charge in [0.2, 0.25) is 0 Å². The third kappa shape index (κ3) is 6.48. The molecule has 0 atom stereocenters. The van der Waals surface area contributed by atoms with Gasteiger partial charge in [-0.25, -0.2) is 8.42 Å². The van der Waals surface area contributed by atoms with Gasteiger partial charge < -0.3 is 0 Å². The molecule has 0 bridgehead atoms. The number of carbonyl (C=O) groups excluding carboxylic acids is 1. The molecule has 94 valence electrons. The van der Waals surface area contributed by atoms with Gasteiger partial charge in [-0.3, -0.25) is 4.79 Å². The Balaban J connectivity index is 2.22. The Morgan fingerprint density at radius 3 is 2.41 bits per heavy atom. The number of hydrogen-bond donors (Lipinski definition) is 0. The van der Waals surface area contributed by atoms with Gasteiger partial charge in [0.1, 0.15) is 9.84 Å². The lowest BCUT2D eigenvalue weighted by atomic mass is 10.1. The first-order valence-corrected chi connectivity index (χ1v) is 8.54. The fraction of sp³-hybridized carbons (Fsp3) is 0.417. The zero-order valence-corrected chi connectivity index (χ0v) is 11.4. The average Bonchev–Trinajstić information content (AvgIpc) is 2.28. The minimum atomic E-state index is -2.88. The smallest absolute Gasteiger partial charge is 0.163 e. The zero-order valence-electron chi connectivity index (χ0n) is 9.76. The third-order valence-electron chi connectivity index (χ3n) is 2.17. The molecule has 0 N–H and O–H groups in total. The van der Waals surface area contributed by atoms with E-state index in [0.717, 1.165) is 5.56 Å². The predicted molar refractivity (Wildman–Crippen MR) is 72.4 cm³/mol. The number of thioether (sulfide) groups is 1. The summed E-state index contributed by atoms with van der Waals surface area (Å²) in [5, 5.41) is 0. The van der Waals surface area contributed by atoms with Gasteiger partial charge in [-0.15, -0.1) is 0 Å². The molecule has 0 aliphatic rings. The first kappa shape index (κ1) is 14.3. The summed E-state index contributed by atoms with van der Waals surface area (Å²) in [7, 11) is -2.88. The van der Waals surface area contributed by atoms with Crippen molar-refractivity contribution < 1.29 is 13.2 Å². The summed E-state index contributed by atoms with van der Waals surface area (Å²) < 4.78 is 21.7. The van der Waals surface area contributed by atoms with Gasteiger partial charge in [-0.2, -0.15) is 11.8 Å². The highest BCUT2D eigenvalue weighted by Gasteiger charge is 2.05. The second-order valence-corrected chi connectivity index (χ2v) is 7.27. The van der Waals surface area contributed by atoms with Crippen LogP contribution < -0.4 is 0 Å². The maximum atomic E-state index is 11.7. The van der Waals surface area contributed by atoms with Crippen molar-refractivity contribution in [2.75, 3.05) is 23.5 Å². The molecule has 5 heteroatoms. The van der Waals surface area contributed by atoms with Crippen LogP contribution in [0.25, 0.3) is 0 Å². The molecule has 0 radical (unpaired) electrons. The van der Waals surface area contributed by atoms with E-state index in [4.69, 9.17) is 0 Å². The van der Waals surface area contributed by atoms with Gasteiger partial charge in [-0.1, -0.05) is 30.3 Å². The minimum absolute atomic E-state index is 0.109. The van der Waals surface area contributed by atoms with Crippen LogP contribution in [0, 0.1) is 0 Å². The molecule has 0 amide bonds. The van der Waals surface area contributed by atoms with Crippen molar-refractivity contribution in [2.24, 2.45) is 0 Å². The Labute approximate surface area is 107 Å². The van der Waals surface area contributed by atoms with Gasteiger partial charge >= 0.3 is 0 Å². The van der Waals surface area contributed by atoms with Crippen LogP contribution in [0.1, 0.15) is 16.8 Å². The van der Waals surface area contributed by atoms with Crippen LogP contribution in [0.5, 0.6) is 0 Å². The van der Waals surface area contributed by atoms with E-state index in [9.17, 15) is 13.2 Å². The Morgan fingerprint density at radius 2 is 1.82 bits per heavy atom. The van der Waals surface area contributed by atoms with Gasteiger partial charge in [-0.05, 0) is 0 Å². The van der Waals surface area contributed by atoms with Crippen molar-refractivity contribution in [3.05, 3.63) is 35.9 Å². The molecule has 0 spiro atoms. The van der Waals surface area contributed by atoms with Crippen molar-refractivity contribution in [3.63, 3.8) is 0 Å². The van der Waals surface area contributed by atoms with Crippen molar-refractivity contribution in [2.45, 2.75) is 6.42 Å². The predicted octanol–water partition coefficient (Wildman–Crippen LogP) is 2.04. The maximum Gasteiger partial charge on any atom is 0.163 e. The molecule has 0 saturated carbocycles. The summed E-state index contributed by atoms with van der Waals surface area (Å²) in [6.45, 7) is 0. The minimum Gasteiger partial charge on any atom is -0.294 e. The van der Waals surface area contributed by atoms with E-state index in [-0.39, 0.29) is 11.5 Å². The Kier molecular flexibility index (Phi) is 5.71. The second-order valence-electron chi connectivity index (χ2n) is 3.78. The quantitative estimate of drug-likeness (QED) is 0.563. The lowest BCUT2D eigenvalue weighted by molar-refractivity contribution is 0.0989. The van der Waals surface area contributed by atoms with Crippen LogP contribution in [0.2, 0.25) is 0 Å². The number of benzene rings is 1. The normalized spacial score (nSPS) is 11.4. The molecule has 1 rings (SSSR count). The van der Waals surface area contributed by atoms with Gasteiger partial charge in [0, 0.05) is 29.7 Å². The number of sulfone groups is 1. The average molecular weight is 272 g/mol. The fourth-order valence-electron chi connectivity index (χ4n) is 1.25. The summed E-state index contributed by atoms with van der Waals surface area (Å²) in [5.41, 5.74) is 0.719. The van der Waals surface area contributed by atoms with E-state index in [0.29, 0.717) is 17.9 Å². The lowest BCUT2D eigenvalue weighted by Gasteiger charge is -2.01. The zero-order chi connectivity index (χ0) is 12.7. The van der Waals surface area contributed by atoms with Crippen LogP contribution >= 0.6 is 11.8 Å². The molecule has 0 saturated heterocycles. The highest BCUT2D eigenvalue weighted by atomic mass is 32.2. The number of Topliss-reactive ketones (excluding diaryl/α,β-unsaturated/α-hetero) is 1. The lowest BCUT2D eigenvalue weighted by Crippen LogP contribution is -2.06. The van der Waals surface area contributed by atoms with E-state index in [1.807, 2.05) is 18.2 Å². The molecule has 0 aliphatic heterocycles. The molecule has 0 unspecified atom stereocenters. The third-order valence-corrected chi connectivity index (χ3v) is 4.36. The highest BCUT2D eigenvalue weighted by Crippen LogP contribution is 2.08. The molecular formula is C12H16O3S2. The van der Waals surface area contributed by atoms with E-state index in [1.165, 1.54) is 18.0 Å².